The summed E-state index contributed by atoms with van der Waals surface area (Å²) in [5.41, 5.74) is 0. The SMILES string of the molecule is O=C(O)C1CC(F)(F)CN1. The Morgan fingerprint density at radius 2 is 2.30 bits per heavy atom. The van der Waals surface area contributed by atoms with Gasteiger partial charge in [-0.25, -0.2) is 8.78 Å². The Kier molecular flexibility index (Phi) is 1.60. The third kappa shape index (κ3) is 1.41. The highest BCUT2D eigenvalue weighted by molar-refractivity contribution is 5.74. The Bertz CT molecular complexity index is 160. The number of nitrogens with one attached hydrogen (secondary N) is 1. The minimum Gasteiger partial charge on any atom is -0.480 e. The van der Waals surface area contributed by atoms with Gasteiger partial charge in [-0.2, -0.15) is 0 Å². The highest BCUT2D eigenvalue weighted by Gasteiger charge is 2.42. The number of rotatable bonds is 1. The van der Waals surface area contributed by atoms with Crippen molar-refractivity contribution in [3.05, 3.63) is 0 Å². The smallest absolute Gasteiger partial charge is 0.320 e. The van der Waals surface area contributed by atoms with Gasteiger partial charge in [0.1, 0.15) is 6.04 Å². The Labute approximate surface area is 56.0 Å². The standard InChI is InChI=1S/C5H7F2NO2/c6-5(7)1-3(4(9)10)8-2-5/h3,8H,1-2H2,(H,9,10). The summed E-state index contributed by atoms with van der Waals surface area (Å²) in [6.45, 7) is -0.524. The molecule has 5 heteroatoms. The maximum absolute atomic E-state index is 12.2. The number of alkyl halides is 2. The van der Waals surface area contributed by atoms with Gasteiger partial charge < -0.3 is 5.11 Å². The fourth-order valence-electron chi connectivity index (χ4n) is 0.890. The van der Waals surface area contributed by atoms with Gasteiger partial charge in [-0.15, -0.1) is 0 Å². The molecular formula is C5H7F2NO2. The second kappa shape index (κ2) is 2.16. The summed E-state index contributed by atoms with van der Waals surface area (Å²) in [5, 5.41) is 10.4. The van der Waals surface area contributed by atoms with E-state index in [0.717, 1.165) is 0 Å². The highest BCUT2D eigenvalue weighted by Crippen LogP contribution is 2.24. The second-order valence-corrected chi connectivity index (χ2v) is 2.33. The number of aliphatic carboxylic acids is 1. The van der Waals surface area contributed by atoms with Crippen LogP contribution in [0, 0.1) is 0 Å². The molecule has 0 aromatic rings. The predicted octanol–water partition coefficient (Wildman–Crippen LogP) is 0.0682. The summed E-state index contributed by atoms with van der Waals surface area (Å²) in [6, 6.07) is -1.07. The van der Waals surface area contributed by atoms with Gasteiger partial charge in [0.15, 0.2) is 0 Å². The molecule has 1 aliphatic rings. The van der Waals surface area contributed by atoms with Gasteiger partial charge in [0.25, 0.3) is 5.92 Å². The molecule has 1 aliphatic heterocycles. The quantitative estimate of drug-likeness (QED) is 0.557. The molecule has 0 radical (unpaired) electrons. The maximum Gasteiger partial charge on any atom is 0.320 e. The molecule has 0 aliphatic carbocycles. The number of halogens is 2. The van der Waals surface area contributed by atoms with Crippen molar-refractivity contribution in [1.82, 2.24) is 5.32 Å². The van der Waals surface area contributed by atoms with Crippen LogP contribution in [0.3, 0.4) is 0 Å². The molecule has 0 aromatic heterocycles. The molecule has 1 fully saturated rings. The maximum atomic E-state index is 12.2. The van der Waals surface area contributed by atoms with E-state index in [2.05, 4.69) is 5.32 Å². The van der Waals surface area contributed by atoms with Crippen molar-refractivity contribution in [2.24, 2.45) is 0 Å². The van der Waals surface area contributed by atoms with E-state index >= 15 is 0 Å². The third-order valence-corrected chi connectivity index (χ3v) is 1.41. The number of hydrogen-bond donors (Lipinski definition) is 2. The molecule has 1 rings (SSSR count). The van der Waals surface area contributed by atoms with Crippen molar-refractivity contribution in [1.29, 1.82) is 0 Å². The lowest BCUT2D eigenvalue weighted by Crippen LogP contribution is -2.30. The summed E-state index contributed by atoms with van der Waals surface area (Å²) in [7, 11) is 0. The molecule has 3 nitrogen and oxygen atoms in total. The van der Waals surface area contributed by atoms with Gasteiger partial charge in [0, 0.05) is 6.42 Å². The van der Waals surface area contributed by atoms with E-state index in [1.54, 1.807) is 0 Å². The van der Waals surface area contributed by atoms with Gasteiger partial charge in [-0.05, 0) is 0 Å². The fraction of sp³-hybridized carbons (Fsp3) is 0.800. The van der Waals surface area contributed by atoms with Gasteiger partial charge in [0.05, 0.1) is 6.54 Å². The summed E-state index contributed by atoms with van der Waals surface area (Å²) in [6.07, 6.45) is -0.595. The monoisotopic (exact) mass is 151 g/mol. The van der Waals surface area contributed by atoms with Crippen LogP contribution in [0.4, 0.5) is 8.78 Å². The zero-order valence-corrected chi connectivity index (χ0v) is 5.10. The Balaban J connectivity index is 2.51. The average Bonchev–Trinajstić information content (AvgIpc) is 2.10. The van der Waals surface area contributed by atoms with E-state index in [4.69, 9.17) is 5.11 Å². The Morgan fingerprint density at radius 3 is 2.50 bits per heavy atom. The largest absolute Gasteiger partial charge is 0.480 e. The lowest BCUT2D eigenvalue weighted by Gasteiger charge is -2.03. The highest BCUT2D eigenvalue weighted by atomic mass is 19.3. The van der Waals surface area contributed by atoms with Crippen molar-refractivity contribution in [3.63, 3.8) is 0 Å². The van der Waals surface area contributed by atoms with E-state index in [0.29, 0.717) is 0 Å². The second-order valence-electron chi connectivity index (χ2n) is 2.33. The zero-order valence-electron chi connectivity index (χ0n) is 5.10. The molecule has 1 saturated heterocycles. The molecule has 2 N–H and O–H groups in total. The number of carboxylic acids is 1. The molecule has 1 atom stereocenters. The van der Waals surface area contributed by atoms with Crippen LogP contribution in [-0.4, -0.2) is 29.6 Å². The van der Waals surface area contributed by atoms with E-state index in [1.165, 1.54) is 0 Å². The minimum absolute atomic E-state index is 0.524. The van der Waals surface area contributed by atoms with Crippen LogP contribution < -0.4 is 5.32 Å². The van der Waals surface area contributed by atoms with Crippen LogP contribution in [0.1, 0.15) is 6.42 Å². The molecular weight excluding hydrogens is 144 g/mol. The summed E-state index contributed by atoms with van der Waals surface area (Å²) in [4.78, 5) is 10.1. The lowest BCUT2D eigenvalue weighted by molar-refractivity contribution is -0.139. The van der Waals surface area contributed by atoms with Crippen molar-refractivity contribution >= 4 is 5.97 Å². The molecule has 0 amide bonds. The van der Waals surface area contributed by atoms with Crippen molar-refractivity contribution in [2.75, 3.05) is 6.54 Å². The van der Waals surface area contributed by atoms with Gasteiger partial charge in [-0.3, -0.25) is 10.1 Å². The number of carbonyl (C=O) groups is 1. The first kappa shape index (κ1) is 7.40. The fourth-order valence-corrected chi connectivity index (χ4v) is 0.890. The molecule has 0 bridgehead atoms. The average molecular weight is 151 g/mol. The van der Waals surface area contributed by atoms with Crippen molar-refractivity contribution in [3.8, 4) is 0 Å². The Hall–Kier alpha value is -0.710. The molecule has 0 aromatic carbocycles. The van der Waals surface area contributed by atoms with Crippen LogP contribution in [-0.2, 0) is 4.79 Å². The van der Waals surface area contributed by atoms with E-state index in [1.807, 2.05) is 0 Å². The first-order chi connectivity index (χ1) is 4.51. The summed E-state index contributed by atoms with van der Waals surface area (Å²) in [5.74, 6) is -4.06. The van der Waals surface area contributed by atoms with Gasteiger partial charge in [0.2, 0.25) is 0 Å². The summed E-state index contributed by atoms with van der Waals surface area (Å²) >= 11 is 0. The third-order valence-electron chi connectivity index (χ3n) is 1.41. The van der Waals surface area contributed by atoms with Gasteiger partial charge in [-0.1, -0.05) is 0 Å². The number of hydrogen-bond acceptors (Lipinski definition) is 2. The molecule has 0 saturated carbocycles. The van der Waals surface area contributed by atoms with Crippen LogP contribution >= 0.6 is 0 Å². The molecule has 0 spiro atoms. The van der Waals surface area contributed by atoms with E-state index in [9.17, 15) is 13.6 Å². The van der Waals surface area contributed by atoms with E-state index < -0.39 is 30.9 Å². The molecule has 1 heterocycles. The van der Waals surface area contributed by atoms with Crippen LogP contribution in [0.5, 0.6) is 0 Å². The normalized spacial score (nSPS) is 30.4. The lowest BCUT2D eigenvalue weighted by atomic mass is 10.2. The number of carboxylic acid groups (broad SMARTS) is 1. The van der Waals surface area contributed by atoms with Crippen molar-refractivity contribution < 1.29 is 18.7 Å². The first-order valence-electron chi connectivity index (χ1n) is 2.85. The molecule has 1 unspecified atom stereocenters. The van der Waals surface area contributed by atoms with Gasteiger partial charge >= 0.3 is 5.97 Å². The zero-order chi connectivity index (χ0) is 7.78. The van der Waals surface area contributed by atoms with Crippen molar-refractivity contribution in [2.45, 2.75) is 18.4 Å². The topological polar surface area (TPSA) is 49.3 Å². The first-order valence-corrected chi connectivity index (χ1v) is 2.85. The van der Waals surface area contributed by atoms with Crippen LogP contribution in [0.2, 0.25) is 0 Å². The Morgan fingerprint density at radius 1 is 1.70 bits per heavy atom. The van der Waals surface area contributed by atoms with E-state index in [-0.39, 0.29) is 0 Å². The van der Waals surface area contributed by atoms with Crippen LogP contribution in [0.25, 0.3) is 0 Å². The minimum atomic E-state index is -2.84. The summed E-state index contributed by atoms with van der Waals surface area (Å²) < 4.78 is 24.5. The predicted molar refractivity (Wildman–Crippen MR) is 29.0 cm³/mol. The molecule has 10 heavy (non-hydrogen) atoms. The molecule has 58 valence electrons. The van der Waals surface area contributed by atoms with Crippen LogP contribution in [0.15, 0.2) is 0 Å².